The monoisotopic (exact) mass is 315 g/mol. The summed E-state index contributed by atoms with van der Waals surface area (Å²) in [5.74, 6) is 0. The Kier molecular flexibility index (Phi) is 4.62. The summed E-state index contributed by atoms with van der Waals surface area (Å²) in [7, 11) is -3.55. The molecule has 19 heavy (non-hydrogen) atoms. The minimum Gasteiger partial charge on any atom is -0.207 e. The molecule has 2 rings (SSSR count). The maximum absolute atomic E-state index is 12.6. The Labute approximate surface area is 122 Å². The second-order valence-electron chi connectivity index (χ2n) is 3.94. The van der Waals surface area contributed by atoms with E-state index in [1.54, 1.807) is 29.5 Å². The molecule has 0 radical (unpaired) electrons. The summed E-state index contributed by atoms with van der Waals surface area (Å²) in [6.07, 6.45) is 0. The summed E-state index contributed by atoms with van der Waals surface area (Å²) in [6.45, 7) is 2.61. The number of hydrogen-bond acceptors (Lipinski definition) is 3. The number of sulfonamides is 1. The molecule has 0 spiro atoms. The molecule has 102 valence electrons. The van der Waals surface area contributed by atoms with Gasteiger partial charge in [-0.2, -0.15) is 4.31 Å². The molecule has 0 unspecified atom stereocenters. The van der Waals surface area contributed by atoms with Crippen LogP contribution in [0.5, 0.6) is 0 Å². The van der Waals surface area contributed by atoms with Crippen molar-refractivity contribution in [2.45, 2.75) is 18.4 Å². The fourth-order valence-electron chi connectivity index (χ4n) is 1.74. The van der Waals surface area contributed by atoms with E-state index in [1.165, 1.54) is 10.4 Å². The topological polar surface area (TPSA) is 37.4 Å². The maximum atomic E-state index is 12.6. The van der Waals surface area contributed by atoms with Gasteiger partial charge < -0.3 is 0 Å². The lowest BCUT2D eigenvalue weighted by molar-refractivity contribution is 0.426. The first-order valence-electron chi connectivity index (χ1n) is 5.82. The second-order valence-corrected chi connectivity index (χ2v) is 7.29. The minimum atomic E-state index is -3.55. The van der Waals surface area contributed by atoms with Crippen molar-refractivity contribution in [2.75, 3.05) is 6.54 Å². The highest BCUT2D eigenvalue weighted by molar-refractivity contribution is 7.89. The van der Waals surface area contributed by atoms with E-state index >= 15 is 0 Å². The van der Waals surface area contributed by atoms with Gasteiger partial charge in [0, 0.05) is 18.0 Å². The number of hydrogen-bond donors (Lipinski definition) is 0. The van der Waals surface area contributed by atoms with E-state index in [9.17, 15) is 8.42 Å². The van der Waals surface area contributed by atoms with Crippen molar-refractivity contribution in [1.82, 2.24) is 4.31 Å². The molecule has 0 aliphatic rings. The maximum Gasteiger partial charge on any atom is 0.244 e. The van der Waals surface area contributed by atoms with Crippen LogP contribution in [0.2, 0.25) is 5.02 Å². The van der Waals surface area contributed by atoms with Crippen LogP contribution in [0.4, 0.5) is 0 Å². The molecule has 1 aromatic heterocycles. The fraction of sp³-hybridized carbons (Fsp3) is 0.231. The minimum absolute atomic E-state index is 0.162. The molecule has 0 fully saturated rings. The van der Waals surface area contributed by atoms with Crippen LogP contribution in [-0.2, 0) is 16.6 Å². The van der Waals surface area contributed by atoms with Gasteiger partial charge >= 0.3 is 0 Å². The van der Waals surface area contributed by atoms with Gasteiger partial charge in [0.1, 0.15) is 4.90 Å². The van der Waals surface area contributed by atoms with Crippen LogP contribution in [0.3, 0.4) is 0 Å². The van der Waals surface area contributed by atoms with Crippen molar-refractivity contribution in [3.63, 3.8) is 0 Å². The average molecular weight is 316 g/mol. The first-order valence-corrected chi connectivity index (χ1v) is 8.52. The Morgan fingerprint density at radius 1 is 1.21 bits per heavy atom. The molecule has 6 heteroatoms. The zero-order chi connectivity index (χ0) is 13.9. The highest BCUT2D eigenvalue weighted by Gasteiger charge is 2.25. The van der Waals surface area contributed by atoms with E-state index in [-0.39, 0.29) is 9.92 Å². The van der Waals surface area contributed by atoms with Gasteiger partial charge in [0.25, 0.3) is 0 Å². The summed E-state index contributed by atoms with van der Waals surface area (Å²) >= 11 is 7.53. The normalized spacial score (nSPS) is 11.9. The van der Waals surface area contributed by atoms with Gasteiger partial charge in [-0.15, -0.1) is 11.3 Å². The zero-order valence-corrected chi connectivity index (χ0v) is 12.8. The first-order chi connectivity index (χ1) is 9.05. The van der Waals surface area contributed by atoms with E-state index in [2.05, 4.69) is 0 Å². The summed E-state index contributed by atoms with van der Waals surface area (Å²) in [4.78, 5) is 1.17. The predicted octanol–water partition coefficient (Wildman–Crippen LogP) is 3.61. The van der Waals surface area contributed by atoms with E-state index in [4.69, 9.17) is 11.6 Å². The second kappa shape index (κ2) is 6.05. The Hall–Kier alpha value is -0.880. The van der Waals surface area contributed by atoms with Gasteiger partial charge in [0.05, 0.1) is 5.02 Å². The third-order valence-electron chi connectivity index (χ3n) is 2.72. The van der Waals surface area contributed by atoms with Crippen LogP contribution < -0.4 is 0 Å². The van der Waals surface area contributed by atoms with Crippen LogP contribution in [-0.4, -0.2) is 19.3 Å². The molecule has 1 heterocycles. The van der Waals surface area contributed by atoms with Crippen molar-refractivity contribution < 1.29 is 8.42 Å². The van der Waals surface area contributed by atoms with Gasteiger partial charge in [0.2, 0.25) is 10.0 Å². The third kappa shape index (κ3) is 3.17. The molecule has 0 atom stereocenters. The largest absolute Gasteiger partial charge is 0.244 e. The quantitative estimate of drug-likeness (QED) is 0.845. The lowest BCUT2D eigenvalue weighted by Gasteiger charge is -2.20. The number of nitrogens with zero attached hydrogens (tertiary/aromatic N) is 1. The lowest BCUT2D eigenvalue weighted by Crippen LogP contribution is -2.30. The van der Waals surface area contributed by atoms with Crippen molar-refractivity contribution in [1.29, 1.82) is 0 Å². The molecule has 0 bridgehead atoms. The van der Waals surface area contributed by atoms with E-state index in [1.807, 2.05) is 24.4 Å². The average Bonchev–Trinajstić information content (AvgIpc) is 2.89. The molecule has 0 saturated carbocycles. The first kappa shape index (κ1) is 14.5. The number of rotatable bonds is 5. The molecule has 0 N–H and O–H groups in total. The molecule has 0 amide bonds. The Morgan fingerprint density at radius 3 is 2.53 bits per heavy atom. The fourth-order valence-corrected chi connectivity index (χ4v) is 4.46. The smallest absolute Gasteiger partial charge is 0.207 e. The summed E-state index contributed by atoms with van der Waals surface area (Å²) in [5, 5.41) is 2.19. The lowest BCUT2D eigenvalue weighted by atomic mass is 10.4. The molecule has 2 aromatic rings. The molecule has 0 aliphatic carbocycles. The van der Waals surface area contributed by atoms with E-state index in [0.717, 1.165) is 4.88 Å². The zero-order valence-electron chi connectivity index (χ0n) is 10.4. The van der Waals surface area contributed by atoms with Crippen molar-refractivity contribution in [3.05, 3.63) is 51.7 Å². The standard InChI is InChI=1S/C13H14ClNO2S2/c1-2-15(10-11-6-5-9-18-11)19(16,17)13-8-4-3-7-12(13)14/h3-9H,2,10H2,1H3. The number of halogens is 1. The molecule has 3 nitrogen and oxygen atoms in total. The number of benzene rings is 1. The molecular weight excluding hydrogens is 302 g/mol. The summed E-state index contributed by atoms with van der Waals surface area (Å²) < 4.78 is 26.5. The Balaban J connectivity index is 2.34. The van der Waals surface area contributed by atoms with Crippen LogP contribution >= 0.6 is 22.9 Å². The molecule has 0 aliphatic heterocycles. The van der Waals surface area contributed by atoms with Crippen molar-refractivity contribution in [2.24, 2.45) is 0 Å². The summed E-state index contributed by atoms with van der Waals surface area (Å²) in [5.41, 5.74) is 0. The number of thiophene rings is 1. The Bertz CT molecular complexity index is 638. The van der Waals surface area contributed by atoms with Crippen LogP contribution in [0.25, 0.3) is 0 Å². The highest BCUT2D eigenvalue weighted by Crippen LogP contribution is 2.25. The van der Waals surface area contributed by atoms with Crippen LogP contribution in [0.15, 0.2) is 46.7 Å². The molecule has 0 saturated heterocycles. The molecule has 1 aromatic carbocycles. The third-order valence-corrected chi connectivity index (χ3v) is 6.00. The van der Waals surface area contributed by atoms with Gasteiger partial charge in [-0.3, -0.25) is 0 Å². The van der Waals surface area contributed by atoms with Gasteiger partial charge in [-0.25, -0.2) is 8.42 Å². The molecular formula is C13H14ClNO2S2. The SMILES string of the molecule is CCN(Cc1cccs1)S(=O)(=O)c1ccccc1Cl. The van der Waals surface area contributed by atoms with Gasteiger partial charge in [0.15, 0.2) is 0 Å². The Morgan fingerprint density at radius 2 is 1.95 bits per heavy atom. The predicted molar refractivity (Wildman–Crippen MR) is 79.0 cm³/mol. The van der Waals surface area contributed by atoms with E-state index < -0.39 is 10.0 Å². The van der Waals surface area contributed by atoms with Gasteiger partial charge in [-0.05, 0) is 23.6 Å². The highest BCUT2D eigenvalue weighted by atomic mass is 35.5. The van der Waals surface area contributed by atoms with Crippen molar-refractivity contribution in [3.8, 4) is 0 Å². The van der Waals surface area contributed by atoms with E-state index in [0.29, 0.717) is 13.1 Å². The van der Waals surface area contributed by atoms with Crippen LogP contribution in [0.1, 0.15) is 11.8 Å². The van der Waals surface area contributed by atoms with Crippen molar-refractivity contribution >= 4 is 33.0 Å². The van der Waals surface area contributed by atoms with Crippen LogP contribution in [0, 0.1) is 0 Å². The van der Waals surface area contributed by atoms with Gasteiger partial charge in [-0.1, -0.05) is 36.7 Å². The summed E-state index contributed by atoms with van der Waals surface area (Å²) in [6, 6.07) is 10.4.